The van der Waals surface area contributed by atoms with E-state index in [-0.39, 0.29) is 11.3 Å². The first kappa shape index (κ1) is 20.4. The van der Waals surface area contributed by atoms with Crippen molar-refractivity contribution in [3.63, 3.8) is 0 Å². The average molecular weight is 432 g/mol. The highest BCUT2D eigenvalue weighted by Crippen LogP contribution is 2.47. The highest BCUT2D eigenvalue weighted by molar-refractivity contribution is 7.15. The molecule has 0 spiro atoms. The topological polar surface area (TPSA) is 62.1 Å². The largest absolute Gasteiger partial charge is 0.379 e. The molecule has 164 valence electrons. The Bertz CT molecular complexity index is 847. The fourth-order valence-electron chi connectivity index (χ4n) is 5.84. The molecule has 2 aromatic heterocycles. The lowest BCUT2D eigenvalue weighted by Gasteiger charge is -2.53. The van der Waals surface area contributed by atoms with Gasteiger partial charge in [-0.15, -0.1) is 11.3 Å². The molecule has 8 heteroatoms. The molecular formula is C22H33N5O2S. The number of ether oxygens (including phenoxy) is 1. The SMILES string of the molecule is CCN1CC[C@@H]2C[C@@H](N3CCOCC3)CC[C@@]2(C(=O)NCc2cn3ccsc3n2)C1. The summed E-state index contributed by atoms with van der Waals surface area (Å²) in [6.07, 6.45) is 8.41. The maximum absolute atomic E-state index is 13.6. The summed E-state index contributed by atoms with van der Waals surface area (Å²) in [6, 6.07) is 0.605. The molecule has 1 saturated carbocycles. The number of aromatic nitrogens is 2. The minimum Gasteiger partial charge on any atom is -0.379 e. The van der Waals surface area contributed by atoms with Crippen LogP contribution in [0.3, 0.4) is 0 Å². The number of morpholine rings is 1. The van der Waals surface area contributed by atoms with Gasteiger partial charge < -0.3 is 15.0 Å². The zero-order valence-corrected chi connectivity index (χ0v) is 18.7. The van der Waals surface area contributed by atoms with E-state index < -0.39 is 0 Å². The number of nitrogens with one attached hydrogen (secondary N) is 1. The molecule has 0 aromatic carbocycles. The van der Waals surface area contributed by atoms with Gasteiger partial charge in [-0.1, -0.05) is 6.92 Å². The molecule has 0 radical (unpaired) electrons. The van der Waals surface area contributed by atoms with Crippen molar-refractivity contribution in [2.75, 3.05) is 45.9 Å². The average Bonchev–Trinajstić information content (AvgIpc) is 3.39. The van der Waals surface area contributed by atoms with Crippen LogP contribution in [-0.2, 0) is 16.1 Å². The van der Waals surface area contributed by atoms with E-state index in [9.17, 15) is 4.79 Å². The number of fused-ring (bicyclic) bond motifs is 2. The molecular weight excluding hydrogens is 398 g/mol. The second-order valence-corrected chi connectivity index (χ2v) is 9.97. The highest BCUT2D eigenvalue weighted by atomic mass is 32.1. The lowest BCUT2D eigenvalue weighted by molar-refractivity contribution is -0.145. The van der Waals surface area contributed by atoms with Gasteiger partial charge in [0.15, 0.2) is 4.96 Å². The number of likely N-dealkylation sites (tertiary alicyclic amines) is 1. The number of hydrogen-bond donors (Lipinski definition) is 1. The summed E-state index contributed by atoms with van der Waals surface area (Å²) in [6.45, 7) is 9.52. The zero-order chi connectivity index (χ0) is 20.6. The van der Waals surface area contributed by atoms with Gasteiger partial charge in [-0.3, -0.25) is 14.1 Å². The zero-order valence-electron chi connectivity index (χ0n) is 17.9. The third kappa shape index (κ3) is 3.79. The maximum Gasteiger partial charge on any atom is 0.228 e. The van der Waals surface area contributed by atoms with Crippen LogP contribution in [0.15, 0.2) is 17.8 Å². The molecule has 0 unspecified atom stereocenters. The van der Waals surface area contributed by atoms with Crippen LogP contribution in [0.1, 0.15) is 38.3 Å². The first-order chi connectivity index (χ1) is 14.7. The quantitative estimate of drug-likeness (QED) is 0.787. The number of nitrogens with zero attached hydrogens (tertiary/aromatic N) is 4. The number of amides is 1. The normalized spacial score (nSPS) is 31.0. The van der Waals surface area contributed by atoms with Crippen molar-refractivity contribution >= 4 is 22.2 Å². The van der Waals surface area contributed by atoms with E-state index in [4.69, 9.17) is 4.74 Å². The van der Waals surface area contributed by atoms with Gasteiger partial charge in [-0.05, 0) is 44.7 Å². The van der Waals surface area contributed by atoms with Crippen molar-refractivity contribution in [1.29, 1.82) is 0 Å². The summed E-state index contributed by atoms with van der Waals surface area (Å²) in [4.78, 5) is 24.3. The van der Waals surface area contributed by atoms with Gasteiger partial charge in [0, 0.05) is 43.4 Å². The van der Waals surface area contributed by atoms with Crippen LogP contribution in [-0.4, -0.2) is 77.1 Å². The Hall–Kier alpha value is -1.48. The number of carbonyl (C=O) groups is 1. The Balaban J connectivity index is 1.29. The van der Waals surface area contributed by atoms with Crippen LogP contribution in [0.4, 0.5) is 0 Å². The fraction of sp³-hybridized carbons (Fsp3) is 0.727. The summed E-state index contributed by atoms with van der Waals surface area (Å²) in [7, 11) is 0. The summed E-state index contributed by atoms with van der Waals surface area (Å²) < 4.78 is 7.58. The first-order valence-electron chi connectivity index (χ1n) is 11.4. The highest BCUT2D eigenvalue weighted by Gasteiger charge is 2.52. The van der Waals surface area contributed by atoms with E-state index in [1.54, 1.807) is 11.3 Å². The molecule has 1 aliphatic carbocycles. The molecule has 2 aliphatic heterocycles. The van der Waals surface area contributed by atoms with Crippen molar-refractivity contribution in [2.24, 2.45) is 11.3 Å². The molecule has 2 aromatic rings. The predicted octanol–water partition coefficient (Wildman–Crippen LogP) is 2.22. The van der Waals surface area contributed by atoms with E-state index in [1.807, 2.05) is 22.2 Å². The van der Waals surface area contributed by atoms with E-state index >= 15 is 0 Å². The van der Waals surface area contributed by atoms with Crippen LogP contribution >= 0.6 is 11.3 Å². The van der Waals surface area contributed by atoms with Crippen molar-refractivity contribution in [2.45, 2.75) is 45.2 Å². The number of rotatable bonds is 5. The minimum absolute atomic E-state index is 0.238. The van der Waals surface area contributed by atoms with Gasteiger partial charge in [0.1, 0.15) is 0 Å². The van der Waals surface area contributed by atoms with Gasteiger partial charge in [-0.25, -0.2) is 4.98 Å². The Morgan fingerprint density at radius 1 is 1.33 bits per heavy atom. The number of thiazole rings is 1. The van der Waals surface area contributed by atoms with Crippen LogP contribution in [0.5, 0.6) is 0 Å². The molecule has 5 rings (SSSR count). The smallest absolute Gasteiger partial charge is 0.228 e. The predicted molar refractivity (Wildman–Crippen MR) is 118 cm³/mol. The van der Waals surface area contributed by atoms with E-state index in [2.05, 4.69) is 27.0 Å². The monoisotopic (exact) mass is 431 g/mol. The van der Waals surface area contributed by atoms with Crippen molar-refractivity contribution < 1.29 is 9.53 Å². The fourth-order valence-corrected chi connectivity index (χ4v) is 6.56. The lowest BCUT2D eigenvalue weighted by Crippen LogP contribution is -2.60. The van der Waals surface area contributed by atoms with E-state index in [0.717, 1.165) is 82.3 Å². The maximum atomic E-state index is 13.6. The van der Waals surface area contributed by atoms with Crippen molar-refractivity contribution in [3.8, 4) is 0 Å². The second kappa shape index (κ2) is 8.57. The molecule has 3 atom stereocenters. The van der Waals surface area contributed by atoms with Crippen LogP contribution < -0.4 is 5.32 Å². The Morgan fingerprint density at radius 2 is 2.20 bits per heavy atom. The van der Waals surface area contributed by atoms with Crippen molar-refractivity contribution in [1.82, 2.24) is 24.5 Å². The first-order valence-corrected chi connectivity index (χ1v) is 12.3. The minimum atomic E-state index is -0.256. The molecule has 1 N–H and O–H groups in total. The van der Waals surface area contributed by atoms with E-state index in [1.165, 1.54) is 0 Å². The number of hydrogen-bond acceptors (Lipinski definition) is 6. The van der Waals surface area contributed by atoms with Crippen LogP contribution in [0.2, 0.25) is 0 Å². The molecule has 2 saturated heterocycles. The van der Waals surface area contributed by atoms with Gasteiger partial charge in [0.05, 0.1) is 30.9 Å². The molecule has 30 heavy (non-hydrogen) atoms. The van der Waals surface area contributed by atoms with Gasteiger partial charge in [-0.2, -0.15) is 0 Å². The number of carbonyl (C=O) groups excluding carboxylic acids is 1. The molecule has 3 fully saturated rings. The number of piperidine rings is 1. The molecule has 1 amide bonds. The number of imidazole rings is 1. The second-order valence-electron chi connectivity index (χ2n) is 9.09. The summed E-state index contributed by atoms with van der Waals surface area (Å²) in [5.41, 5.74) is 0.682. The Morgan fingerprint density at radius 3 is 3.00 bits per heavy atom. The van der Waals surface area contributed by atoms with Crippen LogP contribution in [0, 0.1) is 11.3 Å². The summed E-state index contributed by atoms with van der Waals surface area (Å²) in [5.74, 6) is 0.704. The third-order valence-corrected chi connectivity index (χ3v) is 8.37. The van der Waals surface area contributed by atoms with Gasteiger partial charge in [0.2, 0.25) is 5.91 Å². The molecule has 7 nitrogen and oxygen atoms in total. The lowest BCUT2D eigenvalue weighted by atomic mass is 9.61. The van der Waals surface area contributed by atoms with E-state index in [0.29, 0.717) is 18.5 Å². The van der Waals surface area contributed by atoms with Gasteiger partial charge in [0.25, 0.3) is 0 Å². The van der Waals surface area contributed by atoms with Gasteiger partial charge >= 0.3 is 0 Å². The third-order valence-electron chi connectivity index (χ3n) is 7.60. The van der Waals surface area contributed by atoms with Crippen LogP contribution in [0.25, 0.3) is 4.96 Å². The molecule has 3 aliphatic rings. The summed E-state index contributed by atoms with van der Waals surface area (Å²) >= 11 is 1.62. The molecule has 0 bridgehead atoms. The standard InChI is InChI=1S/C22H33N5O2S/c1-2-25-6-4-17-13-19(26-7-10-29-11-8-26)3-5-22(17,16-25)20(28)23-14-18-15-27-9-12-30-21(27)24-18/h9,12,15,17,19H,2-8,10-11,13-14,16H2,1H3,(H,23,28)/t17-,19+,22-/m1/s1. The van der Waals surface area contributed by atoms with Crippen molar-refractivity contribution in [3.05, 3.63) is 23.5 Å². The summed E-state index contributed by atoms with van der Waals surface area (Å²) in [5, 5.41) is 5.31. The molecule has 4 heterocycles. The Labute approximate surface area is 182 Å². The Kier molecular flexibility index (Phi) is 5.84.